The monoisotopic (exact) mass is 311 g/mol. The molecule has 0 aliphatic heterocycles. The highest BCUT2D eigenvalue weighted by Gasteiger charge is 2.16. The Kier molecular flexibility index (Phi) is 6.21. The molecular weight excluding hydrogens is 286 g/mol. The number of rotatable bonds is 7. The van der Waals surface area contributed by atoms with Gasteiger partial charge in [-0.15, -0.1) is 0 Å². The van der Waals surface area contributed by atoms with E-state index >= 15 is 0 Å². The van der Waals surface area contributed by atoms with Gasteiger partial charge in [-0.05, 0) is 30.0 Å². The van der Waals surface area contributed by atoms with Crippen LogP contribution in [-0.4, -0.2) is 22.1 Å². The zero-order valence-corrected chi connectivity index (χ0v) is 13.5. The van der Waals surface area contributed by atoms with E-state index in [0.717, 1.165) is 12.0 Å². The SMILES string of the molecule is COCc1ccc(S(=O)(=O)NCCC2CCCCC2)cc1. The van der Waals surface area contributed by atoms with Crippen LogP contribution < -0.4 is 4.72 Å². The molecule has 118 valence electrons. The van der Waals surface area contributed by atoms with Crippen molar-refractivity contribution in [1.82, 2.24) is 4.72 Å². The van der Waals surface area contributed by atoms with Crippen LogP contribution in [0.5, 0.6) is 0 Å². The lowest BCUT2D eigenvalue weighted by molar-refractivity contribution is 0.185. The van der Waals surface area contributed by atoms with E-state index in [9.17, 15) is 8.42 Å². The molecule has 0 bridgehead atoms. The maximum absolute atomic E-state index is 12.2. The van der Waals surface area contributed by atoms with Crippen molar-refractivity contribution in [2.24, 2.45) is 5.92 Å². The molecule has 0 unspecified atom stereocenters. The van der Waals surface area contributed by atoms with Crippen molar-refractivity contribution in [3.05, 3.63) is 29.8 Å². The molecule has 5 heteroatoms. The summed E-state index contributed by atoms with van der Waals surface area (Å²) in [4.78, 5) is 0.325. The molecule has 1 saturated carbocycles. The van der Waals surface area contributed by atoms with Crippen LogP contribution in [0.25, 0.3) is 0 Å². The topological polar surface area (TPSA) is 55.4 Å². The Morgan fingerprint density at radius 3 is 2.43 bits per heavy atom. The number of sulfonamides is 1. The van der Waals surface area contributed by atoms with Crippen molar-refractivity contribution < 1.29 is 13.2 Å². The van der Waals surface area contributed by atoms with E-state index in [0.29, 0.717) is 24.0 Å². The van der Waals surface area contributed by atoms with Crippen LogP contribution >= 0.6 is 0 Å². The van der Waals surface area contributed by atoms with Crippen molar-refractivity contribution in [2.45, 2.75) is 50.0 Å². The van der Waals surface area contributed by atoms with E-state index in [1.807, 2.05) is 0 Å². The normalized spacial score (nSPS) is 17.0. The lowest BCUT2D eigenvalue weighted by atomic mass is 9.87. The number of nitrogens with one attached hydrogen (secondary N) is 1. The fraction of sp³-hybridized carbons (Fsp3) is 0.625. The third-order valence-electron chi connectivity index (χ3n) is 4.11. The zero-order valence-electron chi connectivity index (χ0n) is 12.7. The van der Waals surface area contributed by atoms with E-state index in [-0.39, 0.29) is 0 Å². The fourth-order valence-corrected chi connectivity index (χ4v) is 3.94. The maximum atomic E-state index is 12.2. The highest BCUT2D eigenvalue weighted by atomic mass is 32.2. The summed E-state index contributed by atoms with van der Waals surface area (Å²) < 4.78 is 32.1. The third kappa shape index (κ3) is 5.09. The minimum absolute atomic E-state index is 0.325. The van der Waals surface area contributed by atoms with Gasteiger partial charge in [0.05, 0.1) is 11.5 Å². The lowest BCUT2D eigenvalue weighted by Gasteiger charge is -2.21. The molecule has 1 aliphatic rings. The van der Waals surface area contributed by atoms with Crippen LogP contribution in [-0.2, 0) is 21.4 Å². The Bertz CT molecular complexity index is 519. The first-order valence-electron chi connectivity index (χ1n) is 7.69. The Hall–Kier alpha value is -0.910. The molecule has 1 fully saturated rings. The van der Waals surface area contributed by atoms with Crippen molar-refractivity contribution in [2.75, 3.05) is 13.7 Å². The Morgan fingerprint density at radius 1 is 1.14 bits per heavy atom. The van der Waals surface area contributed by atoms with E-state index in [2.05, 4.69) is 4.72 Å². The highest BCUT2D eigenvalue weighted by Crippen LogP contribution is 2.25. The largest absolute Gasteiger partial charge is 0.380 e. The fourth-order valence-electron chi connectivity index (χ4n) is 2.89. The Labute approximate surface area is 127 Å². The van der Waals surface area contributed by atoms with Gasteiger partial charge in [-0.1, -0.05) is 44.2 Å². The van der Waals surface area contributed by atoms with Crippen LogP contribution in [0.2, 0.25) is 0 Å². The summed E-state index contributed by atoms with van der Waals surface area (Å²) in [7, 11) is -1.76. The molecule has 1 aromatic carbocycles. The van der Waals surface area contributed by atoms with E-state index in [1.54, 1.807) is 31.4 Å². The number of hydrogen-bond acceptors (Lipinski definition) is 3. The molecule has 21 heavy (non-hydrogen) atoms. The molecule has 1 N–H and O–H groups in total. The summed E-state index contributed by atoms with van der Waals surface area (Å²) in [6.45, 7) is 1.03. The summed E-state index contributed by atoms with van der Waals surface area (Å²) in [6.07, 6.45) is 7.34. The van der Waals surface area contributed by atoms with Gasteiger partial charge in [-0.3, -0.25) is 0 Å². The average molecular weight is 311 g/mol. The second-order valence-electron chi connectivity index (χ2n) is 5.77. The Balaban J connectivity index is 1.85. The molecule has 2 rings (SSSR count). The number of ether oxygens (including phenoxy) is 1. The first-order chi connectivity index (χ1) is 10.1. The van der Waals surface area contributed by atoms with Crippen molar-refractivity contribution in [3.8, 4) is 0 Å². The molecule has 1 aliphatic carbocycles. The van der Waals surface area contributed by atoms with Gasteiger partial charge in [-0.25, -0.2) is 13.1 Å². The molecule has 0 spiro atoms. The van der Waals surface area contributed by atoms with Crippen molar-refractivity contribution >= 4 is 10.0 Å². The molecule has 0 amide bonds. The summed E-state index contributed by atoms with van der Waals surface area (Å²) in [5.74, 6) is 0.686. The third-order valence-corrected chi connectivity index (χ3v) is 5.59. The summed E-state index contributed by atoms with van der Waals surface area (Å²) >= 11 is 0. The second-order valence-corrected chi connectivity index (χ2v) is 7.53. The van der Waals surface area contributed by atoms with Gasteiger partial charge in [0.2, 0.25) is 10.0 Å². The van der Waals surface area contributed by atoms with Gasteiger partial charge >= 0.3 is 0 Å². The first kappa shape index (κ1) is 16.5. The summed E-state index contributed by atoms with van der Waals surface area (Å²) in [6, 6.07) is 6.85. The quantitative estimate of drug-likeness (QED) is 0.842. The predicted molar refractivity (Wildman–Crippen MR) is 83.5 cm³/mol. The highest BCUT2D eigenvalue weighted by molar-refractivity contribution is 7.89. The van der Waals surface area contributed by atoms with Crippen LogP contribution in [0.15, 0.2) is 29.2 Å². The van der Waals surface area contributed by atoms with Crippen molar-refractivity contribution in [1.29, 1.82) is 0 Å². The average Bonchev–Trinajstić information content (AvgIpc) is 2.49. The molecule has 0 heterocycles. The van der Waals surface area contributed by atoms with Gasteiger partial charge in [0.15, 0.2) is 0 Å². The molecule has 0 aromatic heterocycles. The summed E-state index contributed by atoms with van der Waals surface area (Å²) in [5, 5.41) is 0. The minimum atomic E-state index is -3.38. The van der Waals surface area contributed by atoms with Crippen LogP contribution in [0.3, 0.4) is 0 Å². The zero-order chi connectivity index (χ0) is 15.1. The Morgan fingerprint density at radius 2 is 1.81 bits per heavy atom. The van der Waals surface area contributed by atoms with Gasteiger partial charge in [0.25, 0.3) is 0 Å². The number of methoxy groups -OCH3 is 1. The number of hydrogen-bond donors (Lipinski definition) is 1. The van der Waals surface area contributed by atoms with Crippen LogP contribution in [0.1, 0.15) is 44.1 Å². The van der Waals surface area contributed by atoms with Crippen LogP contribution in [0, 0.1) is 5.92 Å². The molecule has 0 saturated heterocycles. The number of benzene rings is 1. The van der Waals surface area contributed by atoms with Gasteiger partial charge in [0, 0.05) is 13.7 Å². The molecular formula is C16H25NO3S. The molecule has 4 nitrogen and oxygen atoms in total. The lowest BCUT2D eigenvalue weighted by Crippen LogP contribution is -2.26. The van der Waals surface area contributed by atoms with E-state index in [1.165, 1.54) is 32.1 Å². The molecule has 0 atom stereocenters. The standard InChI is InChI=1S/C16H25NO3S/c1-20-13-15-7-9-16(10-8-15)21(18,19)17-12-11-14-5-3-2-4-6-14/h7-10,14,17H,2-6,11-13H2,1H3. The molecule has 1 aromatic rings. The van der Waals surface area contributed by atoms with Crippen LogP contribution in [0.4, 0.5) is 0 Å². The van der Waals surface area contributed by atoms with Crippen molar-refractivity contribution in [3.63, 3.8) is 0 Å². The summed E-state index contributed by atoms with van der Waals surface area (Å²) in [5.41, 5.74) is 0.971. The van der Waals surface area contributed by atoms with E-state index < -0.39 is 10.0 Å². The minimum Gasteiger partial charge on any atom is -0.380 e. The maximum Gasteiger partial charge on any atom is 0.240 e. The van der Waals surface area contributed by atoms with E-state index in [4.69, 9.17) is 4.74 Å². The van der Waals surface area contributed by atoms with Gasteiger partial charge in [-0.2, -0.15) is 0 Å². The van der Waals surface area contributed by atoms with Gasteiger partial charge in [0.1, 0.15) is 0 Å². The predicted octanol–water partition coefficient (Wildman–Crippen LogP) is 3.08. The molecule has 0 radical (unpaired) electrons. The van der Waals surface area contributed by atoms with Gasteiger partial charge < -0.3 is 4.74 Å². The second kappa shape index (κ2) is 7.92. The first-order valence-corrected chi connectivity index (χ1v) is 9.17. The smallest absolute Gasteiger partial charge is 0.240 e.